The minimum atomic E-state index is -1.19. The van der Waals surface area contributed by atoms with E-state index in [4.69, 9.17) is 15.6 Å². The molecule has 4 amide bonds. The molecule has 0 aliphatic heterocycles. The third-order valence-corrected chi connectivity index (χ3v) is 4.03. The molecule has 0 fully saturated rings. The minimum Gasteiger partial charge on any atom is -0.508 e. The fourth-order valence-corrected chi connectivity index (χ4v) is 2.24. The van der Waals surface area contributed by atoms with Crippen LogP contribution in [0.5, 0.6) is 5.75 Å². The molecule has 1 rings (SSSR count). The number of phenolic OH excluding ortho intramolecular Hbond substituents is 1. The summed E-state index contributed by atoms with van der Waals surface area (Å²) in [7, 11) is 0. The number of ether oxygens (including phenoxy) is 1. The highest BCUT2D eigenvalue weighted by Gasteiger charge is 2.22. The van der Waals surface area contributed by atoms with Crippen molar-refractivity contribution >= 4 is 29.6 Å². The lowest BCUT2D eigenvalue weighted by Crippen LogP contribution is -2.52. The standard InChI is InChI=1S/C19H27N5O8/c1-11(19(30)31)32-10-23-16(27)8-22-18(29)14(6-12-2-4-13(25)5-3-12)24-17(28)9-21-15(26)7-20/h2-5,11,14,25H,6-10,20H2,1H3,(H,21,26)(H,22,29)(H,23,27)(H,24,28)(H,30,31)/t11-,14+/m1/s1. The summed E-state index contributed by atoms with van der Waals surface area (Å²) in [5, 5.41) is 27.5. The lowest BCUT2D eigenvalue weighted by molar-refractivity contribution is -0.150. The number of nitrogens with one attached hydrogen (secondary N) is 4. The topological polar surface area (TPSA) is 209 Å². The molecular formula is C19H27N5O8. The Morgan fingerprint density at radius 3 is 2.19 bits per heavy atom. The van der Waals surface area contributed by atoms with Crippen molar-refractivity contribution in [3.05, 3.63) is 29.8 Å². The number of amides is 4. The quantitative estimate of drug-likeness (QED) is 0.153. The molecule has 0 heterocycles. The molecule has 0 saturated heterocycles. The second kappa shape index (κ2) is 13.6. The number of nitrogens with two attached hydrogens (primary N) is 1. The van der Waals surface area contributed by atoms with E-state index in [9.17, 15) is 29.1 Å². The SMILES string of the molecule is C[C@@H](OCNC(=O)CNC(=O)[C@H](Cc1ccc(O)cc1)NC(=O)CNC(=O)CN)C(=O)O. The second-order valence-electron chi connectivity index (χ2n) is 6.58. The number of rotatable bonds is 13. The fourth-order valence-electron chi connectivity index (χ4n) is 2.24. The Morgan fingerprint density at radius 2 is 1.59 bits per heavy atom. The number of carboxylic acid groups (broad SMARTS) is 1. The molecule has 176 valence electrons. The van der Waals surface area contributed by atoms with E-state index >= 15 is 0 Å². The molecular weight excluding hydrogens is 426 g/mol. The van der Waals surface area contributed by atoms with Gasteiger partial charge in [-0.25, -0.2) is 4.79 Å². The molecule has 8 N–H and O–H groups in total. The lowest BCUT2D eigenvalue weighted by Gasteiger charge is -2.19. The normalized spacial score (nSPS) is 12.2. The summed E-state index contributed by atoms with van der Waals surface area (Å²) in [5.41, 5.74) is 5.77. The van der Waals surface area contributed by atoms with Gasteiger partial charge < -0.3 is 42.0 Å². The van der Waals surface area contributed by atoms with Gasteiger partial charge in [0.2, 0.25) is 23.6 Å². The maximum Gasteiger partial charge on any atom is 0.332 e. The number of carbonyl (C=O) groups excluding carboxylic acids is 4. The van der Waals surface area contributed by atoms with Crippen molar-refractivity contribution in [1.29, 1.82) is 0 Å². The molecule has 0 spiro atoms. The van der Waals surface area contributed by atoms with E-state index in [0.717, 1.165) is 0 Å². The van der Waals surface area contributed by atoms with Crippen LogP contribution in [-0.2, 0) is 35.1 Å². The van der Waals surface area contributed by atoms with Gasteiger partial charge in [-0.3, -0.25) is 19.2 Å². The van der Waals surface area contributed by atoms with E-state index in [1.807, 2.05) is 0 Å². The Balaban J connectivity index is 2.65. The van der Waals surface area contributed by atoms with Crippen LogP contribution in [0.1, 0.15) is 12.5 Å². The average molecular weight is 453 g/mol. The molecule has 32 heavy (non-hydrogen) atoms. The Kier molecular flexibility index (Phi) is 11.2. The van der Waals surface area contributed by atoms with Crippen molar-refractivity contribution in [1.82, 2.24) is 21.3 Å². The van der Waals surface area contributed by atoms with Crippen LogP contribution in [-0.4, -0.2) is 78.3 Å². The summed E-state index contributed by atoms with van der Waals surface area (Å²) in [6.45, 7) is -0.210. The van der Waals surface area contributed by atoms with Crippen LogP contribution in [0, 0.1) is 0 Å². The van der Waals surface area contributed by atoms with Gasteiger partial charge in [-0.15, -0.1) is 0 Å². The maximum absolute atomic E-state index is 12.5. The Hall–Kier alpha value is -3.71. The Bertz CT molecular complexity index is 814. The largest absolute Gasteiger partial charge is 0.508 e. The van der Waals surface area contributed by atoms with Crippen molar-refractivity contribution in [3.8, 4) is 5.75 Å². The zero-order valence-electron chi connectivity index (χ0n) is 17.4. The zero-order valence-corrected chi connectivity index (χ0v) is 17.4. The van der Waals surface area contributed by atoms with Crippen molar-refractivity contribution in [2.24, 2.45) is 5.73 Å². The van der Waals surface area contributed by atoms with Crippen LogP contribution < -0.4 is 27.0 Å². The number of hydrogen-bond donors (Lipinski definition) is 7. The first-order valence-corrected chi connectivity index (χ1v) is 9.55. The number of aromatic hydroxyl groups is 1. The van der Waals surface area contributed by atoms with Gasteiger partial charge >= 0.3 is 5.97 Å². The average Bonchev–Trinajstić information content (AvgIpc) is 2.76. The van der Waals surface area contributed by atoms with Crippen molar-refractivity contribution in [2.75, 3.05) is 26.4 Å². The first-order valence-electron chi connectivity index (χ1n) is 9.55. The molecule has 1 aromatic carbocycles. The first-order chi connectivity index (χ1) is 15.1. The van der Waals surface area contributed by atoms with Gasteiger partial charge in [0.05, 0.1) is 19.6 Å². The highest BCUT2D eigenvalue weighted by Crippen LogP contribution is 2.11. The predicted molar refractivity (Wildman–Crippen MR) is 110 cm³/mol. The number of carbonyl (C=O) groups is 5. The summed E-state index contributed by atoms with van der Waals surface area (Å²) in [4.78, 5) is 58.3. The molecule has 0 unspecified atom stereocenters. The number of hydrogen-bond acceptors (Lipinski definition) is 8. The smallest absolute Gasteiger partial charge is 0.332 e. The highest BCUT2D eigenvalue weighted by atomic mass is 16.5. The van der Waals surface area contributed by atoms with Gasteiger partial charge in [-0.1, -0.05) is 12.1 Å². The Morgan fingerprint density at radius 1 is 0.969 bits per heavy atom. The third kappa shape index (κ3) is 10.4. The Labute approximate surface area is 183 Å². The molecule has 1 aromatic rings. The molecule has 0 bridgehead atoms. The highest BCUT2D eigenvalue weighted by molar-refractivity contribution is 5.92. The second-order valence-corrected chi connectivity index (χ2v) is 6.58. The van der Waals surface area contributed by atoms with E-state index in [2.05, 4.69) is 21.3 Å². The van der Waals surface area contributed by atoms with E-state index in [-0.39, 0.29) is 25.4 Å². The van der Waals surface area contributed by atoms with Crippen LogP contribution in [0.15, 0.2) is 24.3 Å². The zero-order chi connectivity index (χ0) is 24.1. The van der Waals surface area contributed by atoms with Gasteiger partial charge in [-0.05, 0) is 24.6 Å². The maximum atomic E-state index is 12.5. The molecule has 0 aliphatic rings. The monoisotopic (exact) mass is 453 g/mol. The summed E-state index contributed by atoms with van der Waals surface area (Å²) < 4.78 is 4.86. The van der Waals surface area contributed by atoms with Crippen LogP contribution >= 0.6 is 0 Å². The molecule has 0 aromatic heterocycles. The molecule has 13 nitrogen and oxygen atoms in total. The molecule has 0 aliphatic carbocycles. The number of aliphatic carboxylic acids is 1. The summed E-state index contributed by atoms with van der Waals surface area (Å²) >= 11 is 0. The van der Waals surface area contributed by atoms with Crippen molar-refractivity contribution < 1.29 is 38.9 Å². The molecule has 0 saturated carbocycles. The molecule has 2 atom stereocenters. The number of phenols is 1. The fraction of sp³-hybridized carbons (Fsp3) is 0.421. The van der Waals surface area contributed by atoms with Crippen LogP contribution in [0.2, 0.25) is 0 Å². The summed E-state index contributed by atoms with van der Waals surface area (Å²) in [5.74, 6) is -3.67. The van der Waals surface area contributed by atoms with Crippen molar-refractivity contribution in [2.45, 2.75) is 25.5 Å². The molecule has 13 heteroatoms. The van der Waals surface area contributed by atoms with Crippen molar-refractivity contribution in [3.63, 3.8) is 0 Å². The minimum absolute atomic E-state index is 0.0272. The predicted octanol–water partition coefficient (Wildman–Crippen LogP) is -2.83. The lowest BCUT2D eigenvalue weighted by atomic mass is 10.0. The van der Waals surface area contributed by atoms with Crippen LogP contribution in [0.4, 0.5) is 0 Å². The number of benzene rings is 1. The third-order valence-electron chi connectivity index (χ3n) is 4.03. The van der Waals surface area contributed by atoms with Gasteiger partial charge in [0.1, 0.15) is 18.5 Å². The van der Waals surface area contributed by atoms with E-state index in [1.54, 1.807) is 12.1 Å². The van der Waals surface area contributed by atoms with E-state index in [1.165, 1.54) is 19.1 Å². The van der Waals surface area contributed by atoms with Gasteiger partial charge in [0.15, 0.2) is 6.10 Å². The van der Waals surface area contributed by atoms with E-state index < -0.39 is 54.8 Å². The van der Waals surface area contributed by atoms with Crippen LogP contribution in [0.3, 0.4) is 0 Å². The molecule has 0 radical (unpaired) electrons. The number of carboxylic acids is 1. The van der Waals surface area contributed by atoms with Gasteiger partial charge in [0.25, 0.3) is 0 Å². The van der Waals surface area contributed by atoms with Gasteiger partial charge in [0, 0.05) is 6.42 Å². The summed E-state index contributed by atoms with van der Waals surface area (Å²) in [6.07, 6.45) is -1.07. The summed E-state index contributed by atoms with van der Waals surface area (Å²) in [6, 6.07) is 4.87. The van der Waals surface area contributed by atoms with Crippen LogP contribution in [0.25, 0.3) is 0 Å². The van der Waals surface area contributed by atoms with Gasteiger partial charge in [-0.2, -0.15) is 0 Å². The first kappa shape index (κ1) is 26.3. The van der Waals surface area contributed by atoms with E-state index in [0.29, 0.717) is 5.56 Å².